The average molecular weight is 162 g/mol. The van der Waals surface area contributed by atoms with Crippen molar-refractivity contribution in [2.45, 2.75) is 12.8 Å². The van der Waals surface area contributed by atoms with Crippen molar-refractivity contribution in [2.75, 3.05) is 33.4 Å². The van der Waals surface area contributed by atoms with E-state index in [0.29, 0.717) is 0 Å². The minimum Gasteiger partial charge on any atom is -0.309 e. The molecule has 0 unspecified atom stereocenters. The Morgan fingerprint density at radius 2 is 2.00 bits per heavy atom. The van der Waals surface area contributed by atoms with E-state index in [1.807, 2.05) is 7.05 Å². The first kappa shape index (κ1) is 10.3. The number of rotatable bonds is 6. The van der Waals surface area contributed by atoms with Crippen LogP contribution in [0, 0.1) is 0 Å². The molecule has 2 nitrogen and oxygen atoms in total. The summed E-state index contributed by atoms with van der Waals surface area (Å²) >= 11 is 1.79. The Morgan fingerprint density at radius 3 is 2.50 bits per heavy atom. The molecule has 0 aliphatic carbocycles. The molecule has 1 N–H and O–H groups in total. The summed E-state index contributed by atoms with van der Waals surface area (Å²) in [7, 11) is 6.20. The molecule has 0 amide bonds. The van der Waals surface area contributed by atoms with Crippen LogP contribution in [-0.4, -0.2) is 38.3 Å². The van der Waals surface area contributed by atoms with E-state index in [9.17, 15) is 0 Å². The van der Waals surface area contributed by atoms with Crippen LogP contribution in [0.5, 0.6) is 0 Å². The Balaban J connectivity index is 2.77. The van der Waals surface area contributed by atoms with Crippen LogP contribution in [-0.2, 0) is 0 Å². The molecule has 0 rings (SSSR count). The van der Waals surface area contributed by atoms with Gasteiger partial charge in [0.1, 0.15) is 0 Å². The summed E-state index contributed by atoms with van der Waals surface area (Å²) in [6.45, 7) is 1.21. The molecule has 0 heterocycles. The van der Waals surface area contributed by atoms with Crippen molar-refractivity contribution < 1.29 is 0 Å². The van der Waals surface area contributed by atoms with Crippen molar-refractivity contribution in [1.82, 2.24) is 9.62 Å². The maximum Gasteiger partial charge on any atom is 0.00790 e. The Hall–Kier alpha value is 0.270. The van der Waals surface area contributed by atoms with Gasteiger partial charge in [-0.25, -0.2) is 0 Å². The first-order chi connectivity index (χ1) is 4.77. The van der Waals surface area contributed by atoms with E-state index in [4.69, 9.17) is 0 Å². The second-order valence-electron chi connectivity index (χ2n) is 2.56. The zero-order chi connectivity index (χ0) is 7.82. The lowest BCUT2D eigenvalue weighted by Gasteiger charge is -2.07. The molecule has 0 radical (unpaired) electrons. The predicted octanol–water partition coefficient (Wildman–Crippen LogP) is 1.20. The molecule has 0 saturated heterocycles. The summed E-state index contributed by atoms with van der Waals surface area (Å²) in [5, 5.41) is 0. The summed E-state index contributed by atoms with van der Waals surface area (Å²) in [5.41, 5.74) is 0. The molecule has 0 aromatic carbocycles. The van der Waals surface area contributed by atoms with Gasteiger partial charge in [0.15, 0.2) is 0 Å². The molecule has 3 heteroatoms. The van der Waals surface area contributed by atoms with Crippen LogP contribution in [0.3, 0.4) is 0 Å². The van der Waals surface area contributed by atoms with Crippen molar-refractivity contribution in [2.24, 2.45) is 0 Å². The van der Waals surface area contributed by atoms with Crippen LogP contribution in [0.1, 0.15) is 12.8 Å². The maximum atomic E-state index is 3.06. The maximum absolute atomic E-state index is 3.06. The predicted molar refractivity (Wildman–Crippen MR) is 49.3 cm³/mol. The first-order valence-electron chi connectivity index (χ1n) is 3.70. The normalized spacial score (nSPS) is 10.8. The Morgan fingerprint density at radius 1 is 1.30 bits per heavy atom. The van der Waals surface area contributed by atoms with Crippen LogP contribution in [0.15, 0.2) is 0 Å². The molecular weight excluding hydrogens is 144 g/mol. The summed E-state index contributed by atoms with van der Waals surface area (Å²) in [4.78, 5) is 2.23. The highest BCUT2D eigenvalue weighted by atomic mass is 32.2. The fourth-order valence-corrected chi connectivity index (χ4v) is 1.26. The van der Waals surface area contributed by atoms with Crippen molar-refractivity contribution in [3.05, 3.63) is 0 Å². The van der Waals surface area contributed by atoms with Gasteiger partial charge in [-0.15, -0.1) is 0 Å². The molecule has 0 atom stereocenters. The van der Waals surface area contributed by atoms with Gasteiger partial charge in [-0.3, -0.25) is 4.72 Å². The number of nitrogens with zero attached hydrogens (tertiary/aromatic N) is 1. The lowest BCUT2D eigenvalue weighted by molar-refractivity contribution is 0.399. The van der Waals surface area contributed by atoms with E-state index in [2.05, 4.69) is 23.7 Å². The monoisotopic (exact) mass is 162 g/mol. The fraction of sp³-hybridized carbons (Fsp3) is 1.00. The van der Waals surface area contributed by atoms with E-state index in [1.54, 1.807) is 11.9 Å². The number of nitrogens with one attached hydrogen (secondary N) is 1. The second-order valence-corrected chi connectivity index (χ2v) is 3.67. The van der Waals surface area contributed by atoms with Gasteiger partial charge in [-0.1, -0.05) is 11.9 Å². The van der Waals surface area contributed by atoms with Crippen molar-refractivity contribution in [1.29, 1.82) is 0 Å². The SMILES string of the molecule is CNSCCCCN(C)C. The van der Waals surface area contributed by atoms with Crippen molar-refractivity contribution in [3.63, 3.8) is 0 Å². The van der Waals surface area contributed by atoms with Crippen LogP contribution >= 0.6 is 11.9 Å². The van der Waals surface area contributed by atoms with Crippen LogP contribution in [0.2, 0.25) is 0 Å². The second kappa shape index (κ2) is 7.38. The Bertz CT molecular complexity index is 66.6. The minimum absolute atomic E-state index is 1.21. The summed E-state index contributed by atoms with van der Waals surface area (Å²) < 4.78 is 3.06. The first-order valence-corrected chi connectivity index (χ1v) is 4.69. The molecular formula is C7H18N2S. The number of unbranched alkanes of at least 4 members (excludes halogenated alkanes) is 1. The molecule has 0 aliphatic rings. The van der Waals surface area contributed by atoms with E-state index < -0.39 is 0 Å². The molecule has 0 saturated carbocycles. The topological polar surface area (TPSA) is 15.3 Å². The molecule has 10 heavy (non-hydrogen) atoms. The summed E-state index contributed by atoms with van der Waals surface area (Å²) in [6, 6.07) is 0. The molecule has 62 valence electrons. The van der Waals surface area contributed by atoms with Gasteiger partial charge in [-0.2, -0.15) is 0 Å². The van der Waals surface area contributed by atoms with E-state index >= 15 is 0 Å². The quantitative estimate of drug-likeness (QED) is 0.466. The van der Waals surface area contributed by atoms with E-state index in [0.717, 1.165) is 0 Å². The molecule has 0 spiro atoms. The molecule has 0 bridgehead atoms. The third-order valence-electron chi connectivity index (χ3n) is 1.25. The Kier molecular flexibility index (Phi) is 7.58. The fourth-order valence-electron chi connectivity index (χ4n) is 0.704. The third-order valence-corrected chi connectivity index (χ3v) is 2.03. The van der Waals surface area contributed by atoms with Gasteiger partial charge < -0.3 is 4.90 Å². The van der Waals surface area contributed by atoms with Gasteiger partial charge in [0.25, 0.3) is 0 Å². The van der Waals surface area contributed by atoms with E-state index in [-0.39, 0.29) is 0 Å². The number of hydrogen-bond donors (Lipinski definition) is 1. The molecule has 0 fully saturated rings. The highest BCUT2D eigenvalue weighted by Crippen LogP contribution is 1.98. The zero-order valence-corrected chi connectivity index (χ0v) is 8.00. The standard InChI is InChI=1S/C7H18N2S/c1-8-10-7-5-4-6-9(2)3/h8H,4-7H2,1-3H3. The van der Waals surface area contributed by atoms with Crippen molar-refractivity contribution >= 4 is 11.9 Å². The van der Waals surface area contributed by atoms with Crippen LogP contribution in [0.4, 0.5) is 0 Å². The summed E-state index contributed by atoms with van der Waals surface area (Å²) in [6.07, 6.45) is 2.62. The third kappa shape index (κ3) is 8.27. The minimum atomic E-state index is 1.21. The van der Waals surface area contributed by atoms with Gasteiger partial charge in [0.2, 0.25) is 0 Å². The molecule has 0 aromatic rings. The van der Waals surface area contributed by atoms with Crippen molar-refractivity contribution in [3.8, 4) is 0 Å². The average Bonchev–Trinajstić information content (AvgIpc) is 1.87. The number of hydrogen-bond acceptors (Lipinski definition) is 3. The zero-order valence-electron chi connectivity index (χ0n) is 7.18. The summed E-state index contributed by atoms with van der Waals surface area (Å²) in [5.74, 6) is 1.23. The molecule has 0 aromatic heterocycles. The smallest absolute Gasteiger partial charge is 0.00790 e. The highest BCUT2D eigenvalue weighted by molar-refractivity contribution is 7.97. The van der Waals surface area contributed by atoms with Gasteiger partial charge in [0, 0.05) is 5.75 Å². The Labute approximate surface area is 68.5 Å². The van der Waals surface area contributed by atoms with Crippen LogP contribution in [0.25, 0.3) is 0 Å². The lowest BCUT2D eigenvalue weighted by atomic mass is 10.3. The van der Waals surface area contributed by atoms with Crippen LogP contribution < -0.4 is 4.72 Å². The van der Waals surface area contributed by atoms with Gasteiger partial charge >= 0.3 is 0 Å². The van der Waals surface area contributed by atoms with E-state index in [1.165, 1.54) is 25.1 Å². The highest BCUT2D eigenvalue weighted by Gasteiger charge is 1.89. The van der Waals surface area contributed by atoms with Gasteiger partial charge in [-0.05, 0) is 40.5 Å². The largest absolute Gasteiger partial charge is 0.309 e. The molecule has 0 aliphatic heterocycles. The lowest BCUT2D eigenvalue weighted by Crippen LogP contribution is -2.13. The van der Waals surface area contributed by atoms with Gasteiger partial charge in [0.05, 0.1) is 0 Å².